The molecule has 104 valence electrons. The standard InChI is InChI=1S/C12H23N3O3/c16-11(17)8-12(9-13-10-12)14-2-1-3-15-4-6-18-7-5-15/h13-14H,1-10H2,(H,16,17). The summed E-state index contributed by atoms with van der Waals surface area (Å²) in [7, 11) is 0. The SMILES string of the molecule is O=C(O)CC1(NCCCN2CCOCC2)CNC1. The predicted molar refractivity (Wildman–Crippen MR) is 67.7 cm³/mol. The first-order valence-electron chi connectivity index (χ1n) is 6.68. The van der Waals surface area contributed by atoms with Crippen LogP contribution in [0.1, 0.15) is 12.8 Å². The molecule has 2 fully saturated rings. The Morgan fingerprint density at radius 3 is 2.67 bits per heavy atom. The maximum atomic E-state index is 10.8. The highest BCUT2D eigenvalue weighted by molar-refractivity contribution is 5.68. The largest absolute Gasteiger partial charge is 0.481 e. The van der Waals surface area contributed by atoms with Crippen molar-refractivity contribution >= 4 is 5.97 Å². The van der Waals surface area contributed by atoms with E-state index in [1.54, 1.807) is 0 Å². The molecule has 2 heterocycles. The van der Waals surface area contributed by atoms with Gasteiger partial charge >= 0.3 is 5.97 Å². The van der Waals surface area contributed by atoms with E-state index in [9.17, 15) is 4.79 Å². The highest BCUT2D eigenvalue weighted by Gasteiger charge is 2.38. The molecule has 3 N–H and O–H groups in total. The molecule has 0 amide bonds. The van der Waals surface area contributed by atoms with Crippen molar-refractivity contribution in [1.29, 1.82) is 0 Å². The second-order valence-electron chi connectivity index (χ2n) is 5.19. The Kier molecular flexibility index (Phi) is 4.94. The molecule has 2 aliphatic rings. The molecule has 2 aliphatic heterocycles. The van der Waals surface area contributed by atoms with Gasteiger partial charge in [0.2, 0.25) is 0 Å². The van der Waals surface area contributed by atoms with Crippen molar-refractivity contribution in [3.05, 3.63) is 0 Å². The molecule has 6 nitrogen and oxygen atoms in total. The number of morpholine rings is 1. The first kappa shape index (κ1) is 13.7. The van der Waals surface area contributed by atoms with Gasteiger partial charge in [-0.2, -0.15) is 0 Å². The smallest absolute Gasteiger partial charge is 0.305 e. The van der Waals surface area contributed by atoms with Gasteiger partial charge in [-0.05, 0) is 19.5 Å². The number of hydrogen-bond donors (Lipinski definition) is 3. The van der Waals surface area contributed by atoms with Crippen LogP contribution in [0.2, 0.25) is 0 Å². The van der Waals surface area contributed by atoms with Crippen molar-refractivity contribution in [3.8, 4) is 0 Å². The number of carboxylic acids is 1. The number of carbonyl (C=O) groups is 1. The van der Waals surface area contributed by atoms with Crippen molar-refractivity contribution in [2.45, 2.75) is 18.4 Å². The Morgan fingerprint density at radius 2 is 2.11 bits per heavy atom. The van der Waals surface area contributed by atoms with Crippen molar-refractivity contribution < 1.29 is 14.6 Å². The monoisotopic (exact) mass is 257 g/mol. The lowest BCUT2D eigenvalue weighted by molar-refractivity contribution is -0.139. The van der Waals surface area contributed by atoms with E-state index in [1.165, 1.54) is 0 Å². The minimum Gasteiger partial charge on any atom is -0.481 e. The maximum absolute atomic E-state index is 10.8. The van der Waals surface area contributed by atoms with Gasteiger partial charge in [0.15, 0.2) is 0 Å². The molecule has 0 bridgehead atoms. The normalized spacial score (nSPS) is 23.6. The van der Waals surface area contributed by atoms with E-state index in [0.29, 0.717) is 0 Å². The second-order valence-corrected chi connectivity index (χ2v) is 5.19. The Bertz CT molecular complexity index is 276. The van der Waals surface area contributed by atoms with Crippen molar-refractivity contribution in [2.75, 3.05) is 52.5 Å². The quantitative estimate of drug-likeness (QED) is 0.514. The van der Waals surface area contributed by atoms with E-state index in [-0.39, 0.29) is 12.0 Å². The zero-order chi connectivity index (χ0) is 12.8. The molecule has 0 radical (unpaired) electrons. The average Bonchev–Trinajstić information content (AvgIpc) is 2.32. The topological polar surface area (TPSA) is 73.8 Å². The lowest BCUT2D eigenvalue weighted by Crippen LogP contribution is -2.68. The minimum atomic E-state index is -0.725. The van der Waals surface area contributed by atoms with E-state index in [0.717, 1.165) is 58.9 Å². The van der Waals surface area contributed by atoms with E-state index in [2.05, 4.69) is 15.5 Å². The summed E-state index contributed by atoms with van der Waals surface area (Å²) >= 11 is 0. The molecule has 6 heteroatoms. The van der Waals surface area contributed by atoms with Crippen LogP contribution >= 0.6 is 0 Å². The van der Waals surface area contributed by atoms with Gasteiger partial charge in [0.25, 0.3) is 0 Å². The van der Waals surface area contributed by atoms with Gasteiger partial charge in [-0.15, -0.1) is 0 Å². The molecule has 2 saturated heterocycles. The van der Waals surface area contributed by atoms with Gasteiger partial charge in [-0.25, -0.2) is 0 Å². The molecule has 0 spiro atoms. The summed E-state index contributed by atoms with van der Waals surface area (Å²) in [6, 6.07) is 0. The molecule has 2 rings (SSSR count). The Labute approximate surface area is 108 Å². The highest BCUT2D eigenvalue weighted by atomic mass is 16.5. The van der Waals surface area contributed by atoms with Crippen LogP contribution in [-0.4, -0.2) is 74.0 Å². The fourth-order valence-electron chi connectivity index (χ4n) is 2.51. The molecular weight excluding hydrogens is 234 g/mol. The Morgan fingerprint density at radius 1 is 1.39 bits per heavy atom. The predicted octanol–water partition coefficient (Wildman–Crippen LogP) is -0.885. The molecular formula is C12H23N3O3. The molecule has 0 saturated carbocycles. The van der Waals surface area contributed by atoms with Crippen LogP contribution in [0.5, 0.6) is 0 Å². The molecule has 0 unspecified atom stereocenters. The van der Waals surface area contributed by atoms with E-state index >= 15 is 0 Å². The third kappa shape index (κ3) is 3.91. The van der Waals surface area contributed by atoms with Gasteiger partial charge in [-0.1, -0.05) is 0 Å². The van der Waals surface area contributed by atoms with Crippen LogP contribution in [-0.2, 0) is 9.53 Å². The lowest BCUT2D eigenvalue weighted by Gasteiger charge is -2.42. The molecule has 18 heavy (non-hydrogen) atoms. The van der Waals surface area contributed by atoms with Gasteiger partial charge in [0.1, 0.15) is 0 Å². The fraction of sp³-hybridized carbons (Fsp3) is 0.917. The van der Waals surface area contributed by atoms with Gasteiger partial charge in [0.05, 0.1) is 25.2 Å². The summed E-state index contributed by atoms with van der Waals surface area (Å²) < 4.78 is 5.30. The van der Waals surface area contributed by atoms with E-state index < -0.39 is 5.97 Å². The van der Waals surface area contributed by atoms with Crippen LogP contribution in [0.4, 0.5) is 0 Å². The average molecular weight is 257 g/mol. The Balaban J connectivity index is 1.60. The van der Waals surface area contributed by atoms with Crippen LogP contribution in [0.15, 0.2) is 0 Å². The lowest BCUT2D eigenvalue weighted by atomic mass is 9.88. The molecule has 0 aromatic rings. The summed E-state index contributed by atoms with van der Waals surface area (Å²) in [4.78, 5) is 13.2. The first-order valence-corrected chi connectivity index (χ1v) is 6.68. The highest BCUT2D eigenvalue weighted by Crippen LogP contribution is 2.15. The van der Waals surface area contributed by atoms with Crippen molar-refractivity contribution in [2.24, 2.45) is 0 Å². The zero-order valence-corrected chi connectivity index (χ0v) is 10.8. The fourth-order valence-corrected chi connectivity index (χ4v) is 2.51. The van der Waals surface area contributed by atoms with Crippen LogP contribution < -0.4 is 10.6 Å². The summed E-state index contributed by atoms with van der Waals surface area (Å²) in [5.74, 6) is -0.725. The number of aliphatic carboxylic acids is 1. The second kappa shape index (κ2) is 6.47. The van der Waals surface area contributed by atoms with E-state index in [1.807, 2.05) is 0 Å². The number of nitrogens with one attached hydrogen (secondary N) is 2. The molecule has 0 aliphatic carbocycles. The third-order valence-electron chi connectivity index (χ3n) is 3.67. The zero-order valence-electron chi connectivity index (χ0n) is 10.8. The van der Waals surface area contributed by atoms with Gasteiger partial charge < -0.3 is 20.5 Å². The maximum Gasteiger partial charge on any atom is 0.305 e. The number of hydrogen-bond acceptors (Lipinski definition) is 5. The van der Waals surface area contributed by atoms with Crippen LogP contribution in [0, 0.1) is 0 Å². The summed E-state index contributed by atoms with van der Waals surface area (Å²) in [6.45, 7) is 7.16. The summed E-state index contributed by atoms with van der Waals surface area (Å²) in [5, 5.41) is 15.4. The molecule has 0 aromatic heterocycles. The van der Waals surface area contributed by atoms with Gasteiger partial charge in [-0.3, -0.25) is 9.69 Å². The number of ether oxygens (including phenoxy) is 1. The first-order chi connectivity index (χ1) is 8.70. The third-order valence-corrected chi connectivity index (χ3v) is 3.67. The number of nitrogens with zero attached hydrogens (tertiary/aromatic N) is 1. The Hall–Kier alpha value is -0.690. The summed E-state index contributed by atoms with van der Waals surface area (Å²) in [6.07, 6.45) is 1.26. The van der Waals surface area contributed by atoms with Gasteiger partial charge in [0, 0.05) is 26.2 Å². The van der Waals surface area contributed by atoms with Crippen LogP contribution in [0.3, 0.4) is 0 Å². The van der Waals surface area contributed by atoms with E-state index in [4.69, 9.17) is 9.84 Å². The number of rotatable bonds is 7. The molecule has 0 aromatic carbocycles. The minimum absolute atomic E-state index is 0.206. The van der Waals surface area contributed by atoms with Crippen molar-refractivity contribution in [1.82, 2.24) is 15.5 Å². The molecule has 0 atom stereocenters. The van der Waals surface area contributed by atoms with Crippen LogP contribution in [0.25, 0.3) is 0 Å². The number of carboxylic acid groups (broad SMARTS) is 1. The summed E-state index contributed by atoms with van der Waals surface area (Å²) in [5.41, 5.74) is -0.211. The van der Waals surface area contributed by atoms with Crippen molar-refractivity contribution in [3.63, 3.8) is 0 Å².